The number of carbonyl (C=O) groups excluding carboxylic acids is 2. The quantitative estimate of drug-likeness (QED) is 0.183. The van der Waals surface area contributed by atoms with Gasteiger partial charge in [-0.05, 0) is 48.9 Å². The Bertz CT molecular complexity index is 1570. The molecule has 192 valence electrons. The van der Waals surface area contributed by atoms with Crippen molar-refractivity contribution < 1.29 is 27.0 Å². The topological polar surface area (TPSA) is 121 Å². The molecule has 4 aromatic rings. The van der Waals surface area contributed by atoms with Crippen molar-refractivity contribution in [2.24, 2.45) is 5.84 Å². The van der Waals surface area contributed by atoms with Crippen LogP contribution < -0.4 is 16.2 Å². The largest absolute Gasteiger partial charge is 0.417 e. The Hall–Kier alpha value is -3.74. The van der Waals surface area contributed by atoms with Gasteiger partial charge in [0.15, 0.2) is 5.16 Å². The smallest absolute Gasteiger partial charge is 0.331 e. The molecular weight excluding hydrogens is 531 g/mol. The van der Waals surface area contributed by atoms with E-state index in [1.165, 1.54) is 24.5 Å². The van der Waals surface area contributed by atoms with Gasteiger partial charge in [0.1, 0.15) is 5.52 Å². The SMILES string of the molecule is Cc1c(Cl)cccc1NC(=O)c1cc(N(N)C(=O)c2ccccc2C(F)(F)F)cc2[nH]c(S(C)=O)nc12. The summed E-state index contributed by atoms with van der Waals surface area (Å²) in [5, 5.41) is 3.69. The lowest BCUT2D eigenvalue weighted by molar-refractivity contribution is -0.137. The number of benzene rings is 3. The third-order valence-electron chi connectivity index (χ3n) is 5.54. The number of nitrogens with one attached hydrogen (secondary N) is 2. The van der Waals surface area contributed by atoms with E-state index in [0.29, 0.717) is 21.3 Å². The Morgan fingerprint density at radius 3 is 2.49 bits per heavy atom. The van der Waals surface area contributed by atoms with Gasteiger partial charge in [0.2, 0.25) is 0 Å². The van der Waals surface area contributed by atoms with E-state index in [-0.39, 0.29) is 27.4 Å². The maximum absolute atomic E-state index is 13.5. The molecule has 1 atom stereocenters. The van der Waals surface area contributed by atoms with E-state index < -0.39 is 39.9 Å². The predicted octanol–water partition coefficient (Wildman–Crippen LogP) is 5.05. The summed E-state index contributed by atoms with van der Waals surface area (Å²) in [5.41, 5.74) is -0.654. The summed E-state index contributed by atoms with van der Waals surface area (Å²) >= 11 is 6.14. The Kier molecular flexibility index (Phi) is 7.09. The van der Waals surface area contributed by atoms with Crippen molar-refractivity contribution in [2.75, 3.05) is 16.6 Å². The Balaban J connectivity index is 1.81. The van der Waals surface area contributed by atoms with Crippen LogP contribution in [0.15, 0.2) is 59.8 Å². The average molecular weight is 550 g/mol. The highest BCUT2D eigenvalue weighted by Crippen LogP contribution is 2.33. The number of amides is 2. The number of imidazole rings is 1. The zero-order valence-corrected chi connectivity index (χ0v) is 20.9. The summed E-state index contributed by atoms with van der Waals surface area (Å²) < 4.78 is 52.5. The molecule has 0 aliphatic rings. The van der Waals surface area contributed by atoms with Crippen LogP contribution in [0.1, 0.15) is 31.8 Å². The zero-order valence-electron chi connectivity index (χ0n) is 19.3. The number of rotatable bonds is 5. The molecule has 4 rings (SSSR count). The number of fused-ring (bicyclic) bond motifs is 1. The standard InChI is InChI=1S/C24H19ClF3N5O3S/c1-12-17(25)8-5-9-18(12)30-21(34)15-10-13(11-19-20(15)32-23(31-19)37(2)36)33(29)22(35)14-6-3-4-7-16(14)24(26,27)28/h3-11H,29H2,1-2H3,(H,30,34)(H,31,32). The molecule has 8 nitrogen and oxygen atoms in total. The van der Waals surface area contributed by atoms with Gasteiger partial charge in [-0.25, -0.2) is 15.8 Å². The van der Waals surface area contributed by atoms with Gasteiger partial charge < -0.3 is 10.3 Å². The molecular formula is C24H19ClF3N5O3S. The molecule has 3 aromatic carbocycles. The van der Waals surface area contributed by atoms with Gasteiger partial charge in [-0.1, -0.05) is 29.8 Å². The lowest BCUT2D eigenvalue weighted by atomic mass is 10.1. The number of hydrogen-bond donors (Lipinski definition) is 3. The molecule has 0 spiro atoms. The van der Waals surface area contributed by atoms with Crippen molar-refractivity contribution >= 4 is 56.6 Å². The van der Waals surface area contributed by atoms with E-state index in [0.717, 1.165) is 18.2 Å². The van der Waals surface area contributed by atoms with Gasteiger partial charge in [-0.15, -0.1) is 0 Å². The minimum Gasteiger partial charge on any atom is -0.331 e. The lowest BCUT2D eigenvalue weighted by Crippen LogP contribution is -2.38. The number of alkyl halides is 3. The van der Waals surface area contributed by atoms with Crippen molar-refractivity contribution in [2.45, 2.75) is 18.3 Å². The number of nitrogens with zero attached hydrogens (tertiary/aromatic N) is 2. The van der Waals surface area contributed by atoms with Crippen molar-refractivity contribution in [1.82, 2.24) is 9.97 Å². The van der Waals surface area contributed by atoms with Crippen LogP contribution in [0, 0.1) is 6.92 Å². The highest BCUT2D eigenvalue weighted by atomic mass is 35.5. The van der Waals surface area contributed by atoms with Crippen LogP contribution in [-0.4, -0.2) is 32.2 Å². The van der Waals surface area contributed by atoms with E-state index in [1.807, 2.05) is 0 Å². The van der Waals surface area contributed by atoms with Crippen molar-refractivity contribution in [3.63, 3.8) is 0 Å². The number of hydrogen-bond acceptors (Lipinski definition) is 5. The summed E-state index contributed by atoms with van der Waals surface area (Å²) in [6.45, 7) is 1.70. The molecule has 13 heteroatoms. The van der Waals surface area contributed by atoms with E-state index >= 15 is 0 Å². The summed E-state index contributed by atoms with van der Waals surface area (Å²) in [6, 6.07) is 11.7. The molecule has 1 unspecified atom stereocenters. The molecule has 1 aromatic heterocycles. The van der Waals surface area contributed by atoms with E-state index in [4.69, 9.17) is 17.4 Å². The molecule has 4 N–H and O–H groups in total. The second-order valence-electron chi connectivity index (χ2n) is 7.97. The normalized spacial score (nSPS) is 12.4. The fraction of sp³-hybridized carbons (Fsp3) is 0.125. The van der Waals surface area contributed by atoms with E-state index in [9.17, 15) is 27.0 Å². The maximum Gasteiger partial charge on any atom is 0.417 e. The molecule has 0 fully saturated rings. The Morgan fingerprint density at radius 2 is 1.81 bits per heavy atom. The molecule has 0 saturated carbocycles. The zero-order chi connectivity index (χ0) is 27.1. The third kappa shape index (κ3) is 5.22. The van der Waals surface area contributed by atoms with Gasteiger partial charge in [0, 0.05) is 17.0 Å². The first-order chi connectivity index (χ1) is 17.4. The first kappa shape index (κ1) is 26.3. The second kappa shape index (κ2) is 9.96. The Morgan fingerprint density at radius 1 is 1.11 bits per heavy atom. The number of halogens is 4. The fourth-order valence-electron chi connectivity index (χ4n) is 3.62. The highest BCUT2D eigenvalue weighted by Gasteiger charge is 2.36. The number of H-pyrrole nitrogens is 1. The van der Waals surface area contributed by atoms with Crippen LogP contribution in [0.2, 0.25) is 5.02 Å². The van der Waals surface area contributed by atoms with Gasteiger partial charge in [0.25, 0.3) is 11.8 Å². The molecule has 0 bridgehead atoms. The molecule has 0 saturated heterocycles. The van der Waals surface area contributed by atoms with Gasteiger partial charge >= 0.3 is 6.18 Å². The van der Waals surface area contributed by atoms with Crippen molar-refractivity contribution in [3.05, 3.63) is 81.9 Å². The molecule has 1 heterocycles. The number of aromatic amines is 1. The second-order valence-corrected chi connectivity index (χ2v) is 9.67. The van der Waals surface area contributed by atoms with Crippen molar-refractivity contribution in [1.29, 1.82) is 0 Å². The van der Waals surface area contributed by atoms with Crippen LogP contribution >= 0.6 is 11.6 Å². The number of anilines is 2. The monoisotopic (exact) mass is 549 g/mol. The fourth-order valence-corrected chi connectivity index (χ4v) is 4.27. The third-order valence-corrected chi connectivity index (χ3v) is 6.69. The predicted molar refractivity (Wildman–Crippen MR) is 135 cm³/mol. The number of carbonyl (C=O) groups is 2. The van der Waals surface area contributed by atoms with Crippen LogP contribution in [0.3, 0.4) is 0 Å². The summed E-state index contributed by atoms with van der Waals surface area (Å²) in [6.07, 6.45) is -3.42. The van der Waals surface area contributed by atoms with Gasteiger partial charge in [-0.3, -0.25) is 13.8 Å². The lowest BCUT2D eigenvalue weighted by Gasteiger charge is -2.20. The maximum atomic E-state index is 13.5. The Labute approximate surface area is 216 Å². The summed E-state index contributed by atoms with van der Waals surface area (Å²) in [7, 11) is -1.55. The average Bonchev–Trinajstić information content (AvgIpc) is 3.29. The van der Waals surface area contributed by atoms with Crippen LogP contribution in [-0.2, 0) is 17.0 Å². The van der Waals surface area contributed by atoms with Crippen LogP contribution in [0.4, 0.5) is 24.5 Å². The summed E-state index contributed by atoms with van der Waals surface area (Å²) in [4.78, 5) is 33.3. The highest BCUT2D eigenvalue weighted by molar-refractivity contribution is 7.84. The van der Waals surface area contributed by atoms with E-state index in [2.05, 4.69) is 15.3 Å². The molecule has 0 aliphatic carbocycles. The first-order valence-corrected chi connectivity index (χ1v) is 12.5. The minimum absolute atomic E-state index is 0.0532. The van der Waals surface area contributed by atoms with E-state index in [1.54, 1.807) is 25.1 Å². The minimum atomic E-state index is -4.79. The summed E-state index contributed by atoms with van der Waals surface area (Å²) in [5.74, 6) is 4.17. The number of hydrazine groups is 1. The first-order valence-electron chi connectivity index (χ1n) is 10.6. The van der Waals surface area contributed by atoms with Gasteiger partial charge in [0.05, 0.1) is 38.7 Å². The molecule has 0 radical (unpaired) electrons. The number of nitrogens with two attached hydrogens (primary N) is 1. The molecule has 37 heavy (non-hydrogen) atoms. The van der Waals surface area contributed by atoms with Crippen molar-refractivity contribution in [3.8, 4) is 0 Å². The van der Waals surface area contributed by atoms with Crippen LogP contribution in [0.25, 0.3) is 11.0 Å². The van der Waals surface area contributed by atoms with Gasteiger partial charge in [-0.2, -0.15) is 13.2 Å². The number of aromatic nitrogens is 2. The molecule has 0 aliphatic heterocycles. The van der Waals surface area contributed by atoms with Crippen LogP contribution in [0.5, 0.6) is 0 Å². The molecule has 2 amide bonds.